The Bertz CT molecular complexity index is 193. The number of hydrogen-bond donors (Lipinski definition) is 3. The molecule has 7 nitrogen and oxygen atoms in total. The quantitative estimate of drug-likeness (QED) is 0.524. The van der Waals surface area contributed by atoms with Crippen LogP contribution < -0.4 is 33.1 Å². The van der Waals surface area contributed by atoms with Crippen LogP contribution in [0.4, 0.5) is 0 Å². The minimum Gasteiger partial charge on any atom is -0.822 e. The fraction of sp³-hybridized carbons (Fsp3) is 0. The van der Waals surface area contributed by atoms with E-state index in [0.717, 1.165) is 0 Å². The van der Waals surface area contributed by atoms with Gasteiger partial charge in [0.15, 0.2) is 0 Å². The molecule has 0 saturated carbocycles. The van der Waals surface area contributed by atoms with Crippen LogP contribution in [0.2, 0.25) is 0 Å². The van der Waals surface area contributed by atoms with Crippen LogP contribution in [0.3, 0.4) is 0 Å². The molecule has 0 heterocycles. The van der Waals surface area contributed by atoms with Crippen LogP contribution >= 0.6 is 7.82 Å². The van der Waals surface area contributed by atoms with Crippen molar-refractivity contribution in [1.82, 2.24) is 18.5 Å². The van der Waals surface area contributed by atoms with Crippen molar-refractivity contribution in [2.24, 2.45) is 0 Å². The molecule has 1 rings (SSSR count). The molecule has 1 aromatic carbocycles. The van der Waals surface area contributed by atoms with Crippen molar-refractivity contribution < 1.29 is 19.2 Å². The highest BCUT2D eigenvalue weighted by Crippen LogP contribution is 2.03. The van der Waals surface area contributed by atoms with E-state index in [1.165, 1.54) is 0 Å². The fourth-order valence-electron chi connectivity index (χ4n) is 0.385. The van der Waals surface area contributed by atoms with Gasteiger partial charge < -0.3 is 37.7 Å². The molecule has 8 heteroatoms. The van der Waals surface area contributed by atoms with Gasteiger partial charge in [-0.05, 0) is 0 Å². The summed E-state index contributed by atoms with van der Waals surface area (Å²) < 4.78 is 8.55. The van der Waals surface area contributed by atoms with E-state index in [4.69, 9.17) is 19.2 Å². The number of phosphoric acid groups is 1. The van der Waals surface area contributed by atoms with E-state index < -0.39 is 7.82 Å². The summed E-state index contributed by atoms with van der Waals surface area (Å²) >= 11 is 0. The molecule has 0 spiro atoms. The Morgan fingerprint density at radius 3 is 0.786 bits per heavy atom. The van der Waals surface area contributed by atoms with Gasteiger partial charge in [-0.15, -0.1) is 0 Å². The van der Waals surface area contributed by atoms with Gasteiger partial charge in [-0.25, -0.2) is 0 Å². The standard InChI is InChI=1S/C6H6.3H3N.H3O4P/c1-2-4-6-5-3-1;;;;1-5(2,3)4/h1-6H;3*1H3;(H3,1,2,3,4). The Morgan fingerprint density at radius 1 is 0.643 bits per heavy atom. The van der Waals surface area contributed by atoms with Crippen molar-refractivity contribution in [3.63, 3.8) is 0 Å². The number of benzene rings is 1. The largest absolute Gasteiger partial charge is 0.822 e. The molecule has 0 fully saturated rings. The summed E-state index contributed by atoms with van der Waals surface area (Å²) in [6.45, 7) is 0. The summed E-state index contributed by atoms with van der Waals surface area (Å²) in [5, 5.41) is 0. The SMILES string of the molecule is O=P([O-])([O-])[O-].[NH4+].[NH4+].[NH4+].c1ccccc1. The van der Waals surface area contributed by atoms with Crippen LogP contribution in [0.25, 0.3) is 0 Å². The second-order valence-corrected chi connectivity index (χ2v) is 2.50. The van der Waals surface area contributed by atoms with E-state index in [-0.39, 0.29) is 18.5 Å². The molecule has 14 heavy (non-hydrogen) atoms. The predicted octanol–water partition coefficient (Wildman–Crippen LogP) is -0.00940. The summed E-state index contributed by atoms with van der Waals surface area (Å²) in [7, 11) is -5.39. The summed E-state index contributed by atoms with van der Waals surface area (Å²) in [5.41, 5.74) is 0. The molecule has 0 amide bonds. The maximum atomic E-state index is 8.55. The first-order chi connectivity index (χ1) is 5.00. The van der Waals surface area contributed by atoms with E-state index in [0.29, 0.717) is 0 Å². The van der Waals surface area contributed by atoms with Gasteiger partial charge in [-0.2, -0.15) is 7.82 Å². The molecular formula is C6H18N3O4P. The van der Waals surface area contributed by atoms with Gasteiger partial charge in [0.2, 0.25) is 0 Å². The summed E-state index contributed by atoms with van der Waals surface area (Å²) in [4.78, 5) is 25.6. The van der Waals surface area contributed by atoms with E-state index in [2.05, 4.69) is 0 Å². The molecule has 0 aliphatic rings. The average Bonchev–Trinajstić information content (AvgIpc) is 1.88. The van der Waals surface area contributed by atoms with Crippen molar-refractivity contribution in [2.75, 3.05) is 0 Å². The van der Waals surface area contributed by atoms with Gasteiger partial charge in [-0.3, -0.25) is 0 Å². The molecular weight excluding hydrogens is 209 g/mol. The second-order valence-electron chi connectivity index (χ2n) is 1.60. The molecule has 0 aromatic heterocycles. The minimum absolute atomic E-state index is 0. The zero-order valence-corrected chi connectivity index (χ0v) is 9.44. The smallest absolute Gasteiger partial charge is 0.0623 e. The predicted molar refractivity (Wildman–Crippen MR) is 52.0 cm³/mol. The Labute approximate surface area is 82.8 Å². The summed E-state index contributed by atoms with van der Waals surface area (Å²) in [6.07, 6.45) is 0. The van der Waals surface area contributed by atoms with Gasteiger partial charge in [0.25, 0.3) is 0 Å². The lowest BCUT2D eigenvalue weighted by atomic mass is 10.4. The van der Waals surface area contributed by atoms with Crippen molar-refractivity contribution in [2.45, 2.75) is 0 Å². The zero-order chi connectivity index (χ0) is 8.74. The third-order valence-electron chi connectivity index (χ3n) is 0.667. The number of hydrogen-bond acceptors (Lipinski definition) is 4. The normalized spacial score (nSPS) is 7.64. The first-order valence-electron chi connectivity index (χ1n) is 2.73. The maximum Gasteiger partial charge on any atom is -0.0623 e. The Morgan fingerprint density at radius 2 is 0.714 bits per heavy atom. The lowest BCUT2D eigenvalue weighted by Crippen LogP contribution is -2.24. The van der Waals surface area contributed by atoms with Crippen molar-refractivity contribution in [1.29, 1.82) is 0 Å². The summed E-state index contributed by atoms with van der Waals surface area (Å²) in [6, 6.07) is 12.0. The third-order valence-corrected chi connectivity index (χ3v) is 0.667. The molecule has 1 aromatic rings. The minimum atomic E-state index is -5.39. The first kappa shape index (κ1) is 23.2. The highest BCUT2D eigenvalue weighted by atomic mass is 31.2. The van der Waals surface area contributed by atoms with Crippen LogP contribution in [-0.2, 0) is 4.57 Å². The molecule has 0 aliphatic carbocycles. The molecule has 0 atom stereocenters. The van der Waals surface area contributed by atoms with Crippen LogP contribution in [0.5, 0.6) is 0 Å². The second kappa shape index (κ2) is 12.2. The Balaban J connectivity index is -0.0000000597. The highest BCUT2D eigenvalue weighted by Gasteiger charge is 1.57. The van der Waals surface area contributed by atoms with E-state index in [1.54, 1.807) is 0 Å². The maximum absolute atomic E-state index is 8.55. The lowest BCUT2D eigenvalue weighted by Gasteiger charge is -2.36. The zero-order valence-electron chi connectivity index (χ0n) is 8.54. The first-order valence-corrected chi connectivity index (χ1v) is 4.19. The topological polar surface area (TPSA) is 196 Å². The lowest BCUT2D eigenvalue weighted by molar-refractivity contribution is -0.432. The van der Waals surface area contributed by atoms with Gasteiger partial charge >= 0.3 is 0 Å². The molecule has 0 saturated heterocycles. The third kappa shape index (κ3) is 43.1. The number of rotatable bonds is 0. The van der Waals surface area contributed by atoms with Crippen LogP contribution in [0, 0.1) is 0 Å². The van der Waals surface area contributed by atoms with Crippen LogP contribution in [0.15, 0.2) is 36.4 Å². The molecule has 0 radical (unpaired) electrons. The molecule has 0 unspecified atom stereocenters. The molecule has 0 bridgehead atoms. The molecule has 12 N–H and O–H groups in total. The van der Waals surface area contributed by atoms with Crippen LogP contribution in [-0.4, -0.2) is 0 Å². The van der Waals surface area contributed by atoms with Crippen molar-refractivity contribution in [3.05, 3.63) is 36.4 Å². The van der Waals surface area contributed by atoms with Gasteiger partial charge in [0.1, 0.15) is 0 Å². The van der Waals surface area contributed by atoms with Crippen LogP contribution in [0.1, 0.15) is 0 Å². The fourth-order valence-corrected chi connectivity index (χ4v) is 0.385. The van der Waals surface area contributed by atoms with E-state index in [9.17, 15) is 0 Å². The van der Waals surface area contributed by atoms with E-state index >= 15 is 0 Å². The van der Waals surface area contributed by atoms with Gasteiger partial charge in [0.05, 0.1) is 0 Å². The Kier molecular flexibility index (Phi) is 20.2. The number of quaternary nitrogens is 3. The highest BCUT2D eigenvalue weighted by molar-refractivity contribution is 7.40. The van der Waals surface area contributed by atoms with Crippen molar-refractivity contribution in [3.8, 4) is 0 Å². The molecule has 0 aliphatic heterocycles. The van der Waals surface area contributed by atoms with Gasteiger partial charge in [0, 0.05) is 0 Å². The molecule has 86 valence electrons. The summed E-state index contributed by atoms with van der Waals surface area (Å²) in [5.74, 6) is 0. The van der Waals surface area contributed by atoms with E-state index in [1.807, 2.05) is 36.4 Å². The average molecular weight is 227 g/mol. The Hall–Kier alpha value is -0.790. The monoisotopic (exact) mass is 227 g/mol. The van der Waals surface area contributed by atoms with Crippen molar-refractivity contribution >= 4 is 7.82 Å². The van der Waals surface area contributed by atoms with Gasteiger partial charge in [-0.1, -0.05) is 36.4 Å².